The molecule has 1 saturated heterocycles. The molecule has 19 heavy (non-hydrogen) atoms. The summed E-state index contributed by atoms with van der Waals surface area (Å²) in [6.45, 7) is 1.16. The Morgan fingerprint density at radius 3 is 2.95 bits per heavy atom. The fourth-order valence-corrected chi connectivity index (χ4v) is 2.62. The summed E-state index contributed by atoms with van der Waals surface area (Å²) in [4.78, 5) is 24.8. The molecule has 1 aliphatic rings. The van der Waals surface area contributed by atoms with Gasteiger partial charge in [0, 0.05) is 15.7 Å². The van der Waals surface area contributed by atoms with Gasteiger partial charge in [0.1, 0.15) is 0 Å². The zero-order chi connectivity index (χ0) is 13.8. The van der Waals surface area contributed by atoms with Crippen molar-refractivity contribution < 1.29 is 19.4 Å². The van der Waals surface area contributed by atoms with Gasteiger partial charge in [-0.3, -0.25) is 9.59 Å². The van der Waals surface area contributed by atoms with E-state index in [0.29, 0.717) is 18.7 Å². The highest BCUT2D eigenvalue weighted by atomic mass is 127. The summed E-state index contributed by atoms with van der Waals surface area (Å²) in [5, 5.41) is 8.89. The van der Waals surface area contributed by atoms with Gasteiger partial charge in [0.25, 0.3) is 5.91 Å². The van der Waals surface area contributed by atoms with Gasteiger partial charge in [0.05, 0.1) is 25.7 Å². The van der Waals surface area contributed by atoms with E-state index in [1.807, 2.05) is 12.1 Å². The van der Waals surface area contributed by atoms with E-state index in [9.17, 15) is 9.59 Å². The number of hydrogen-bond donors (Lipinski definition) is 1. The molecule has 1 heterocycles. The summed E-state index contributed by atoms with van der Waals surface area (Å²) in [6, 6.07) is 6.89. The average molecular weight is 375 g/mol. The van der Waals surface area contributed by atoms with Crippen LogP contribution < -0.4 is 0 Å². The topological polar surface area (TPSA) is 66.8 Å². The van der Waals surface area contributed by atoms with Crippen LogP contribution in [-0.2, 0) is 9.53 Å². The maximum Gasteiger partial charge on any atom is 0.305 e. The number of carboxylic acids is 1. The Labute approximate surface area is 124 Å². The minimum atomic E-state index is -0.920. The van der Waals surface area contributed by atoms with Crippen molar-refractivity contribution in [2.45, 2.75) is 12.5 Å². The quantitative estimate of drug-likeness (QED) is 0.816. The molecular formula is C13H14INO4. The van der Waals surface area contributed by atoms with Crippen molar-refractivity contribution in [3.05, 3.63) is 33.4 Å². The van der Waals surface area contributed by atoms with Gasteiger partial charge in [-0.1, -0.05) is 6.07 Å². The maximum absolute atomic E-state index is 12.4. The third-order valence-corrected chi connectivity index (χ3v) is 3.64. The molecule has 5 nitrogen and oxygen atoms in total. The van der Waals surface area contributed by atoms with Crippen LogP contribution in [0, 0.1) is 3.57 Å². The SMILES string of the molecule is O=C(O)CC1COCCN1C(=O)c1cccc(I)c1. The highest BCUT2D eigenvalue weighted by Crippen LogP contribution is 2.16. The summed E-state index contributed by atoms with van der Waals surface area (Å²) in [7, 11) is 0. The molecule has 1 aromatic carbocycles. The molecule has 0 saturated carbocycles. The predicted octanol–water partition coefficient (Wildman–Crippen LogP) is 1.61. The van der Waals surface area contributed by atoms with E-state index in [0.717, 1.165) is 3.57 Å². The highest BCUT2D eigenvalue weighted by Gasteiger charge is 2.29. The number of carbonyl (C=O) groups is 2. The number of hydrogen-bond acceptors (Lipinski definition) is 3. The summed E-state index contributed by atoms with van der Waals surface area (Å²) in [6.07, 6.45) is -0.0876. The molecule has 1 unspecified atom stereocenters. The van der Waals surface area contributed by atoms with Crippen molar-refractivity contribution in [3.8, 4) is 0 Å². The fourth-order valence-electron chi connectivity index (χ4n) is 2.08. The fraction of sp³-hybridized carbons (Fsp3) is 0.385. The van der Waals surface area contributed by atoms with Crippen LogP contribution in [0.4, 0.5) is 0 Å². The third-order valence-electron chi connectivity index (χ3n) is 2.97. The standard InChI is InChI=1S/C13H14INO4/c14-10-3-1-2-9(6-10)13(18)15-4-5-19-8-11(15)7-12(16)17/h1-3,6,11H,4-5,7-8H2,(H,16,17). The second kappa shape index (κ2) is 6.33. The zero-order valence-corrected chi connectivity index (χ0v) is 12.4. The first-order valence-corrected chi connectivity index (χ1v) is 7.02. The van der Waals surface area contributed by atoms with Gasteiger partial charge in [-0.15, -0.1) is 0 Å². The number of amides is 1. The second-order valence-corrected chi connectivity index (χ2v) is 5.58. The third kappa shape index (κ3) is 3.66. The number of carbonyl (C=O) groups excluding carboxylic acids is 1. The molecule has 0 bridgehead atoms. The number of morpholine rings is 1. The lowest BCUT2D eigenvalue weighted by Gasteiger charge is -2.34. The minimum Gasteiger partial charge on any atom is -0.481 e. The first-order chi connectivity index (χ1) is 9.08. The van der Waals surface area contributed by atoms with Gasteiger partial charge in [-0.05, 0) is 40.8 Å². The van der Waals surface area contributed by atoms with E-state index in [4.69, 9.17) is 9.84 Å². The molecule has 0 spiro atoms. The van der Waals surface area contributed by atoms with E-state index < -0.39 is 12.0 Å². The Kier molecular flexibility index (Phi) is 4.76. The Morgan fingerprint density at radius 1 is 1.47 bits per heavy atom. The molecule has 1 fully saturated rings. The van der Waals surface area contributed by atoms with Gasteiger partial charge >= 0.3 is 5.97 Å². The molecule has 1 aromatic rings. The van der Waals surface area contributed by atoms with Crippen LogP contribution in [0.15, 0.2) is 24.3 Å². The van der Waals surface area contributed by atoms with Crippen LogP contribution in [0.5, 0.6) is 0 Å². The molecular weight excluding hydrogens is 361 g/mol. The first kappa shape index (κ1) is 14.3. The second-order valence-electron chi connectivity index (χ2n) is 4.34. The van der Waals surface area contributed by atoms with Crippen LogP contribution in [0.3, 0.4) is 0 Å². The van der Waals surface area contributed by atoms with Gasteiger partial charge in [-0.2, -0.15) is 0 Å². The number of rotatable bonds is 3. The number of nitrogens with zero attached hydrogens (tertiary/aromatic N) is 1. The molecule has 0 aliphatic carbocycles. The summed E-state index contributed by atoms with van der Waals surface area (Å²) >= 11 is 2.15. The molecule has 102 valence electrons. The van der Waals surface area contributed by atoms with Crippen LogP contribution >= 0.6 is 22.6 Å². The lowest BCUT2D eigenvalue weighted by molar-refractivity contribution is -0.139. The van der Waals surface area contributed by atoms with E-state index in [2.05, 4.69) is 22.6 Å². The Bertz CT molecular complexity index is 491. The smallest absolute Gasteiger partial charge is 0.305 e. The number of halogens is 1. The van der Waals surface area contributed by atoms with Gasteiger partial charge in [0.2, 0.25) is 0 Å². The zero-order valence-electron chi connectivity index (χ0n) is 10.2. The molecule has 1 aliphatic heterocycles. The van der Waals surface area contributed by atoms with Crippen LogP contribution in [-0.4, -0.2) is 47.7 Å². The van der Waals surface area contributed by atoms with Crippen molar-refractivity contribution in [3.63, 3.8) is 0 Å². The normalized spacial score (nSPS) is 19.2. The van der Waals surface area contributed by atoms with E-state index >= 15 is 0 Å². The number of benzene rings is 1. The molecule has 6 heteroatoms. The van der Waals surface area contributed by atoms with Crippen molar-refractivity contribution in [2.75, 3.05) is 19.8 Å². The van der Waals surface area contributed by atoms with Crippen molar-refractivity contribution in [1.82, 2.24) is 4.90 Å². The number of ether oxygens (including phenoxy) is 1. The molecule has 2 rings (SSSR count). The van der Waals surface area contributed by atoms with Crippen LogP contribution in [0.25, 0.3) is 0 Å². The summed E-state index contributed by atoms with van der Waals surface area (Å²) in [5.41, 5.74) is 0.587. The van der Waals surface area contributed by atoms with Crippen LogP contribution in [0.1, 0.15) is 16.8 Å². The van der Waals surface area contributed by atoms with Crippen molar-refractivity contribution in [2.24, 2.45) is 0 Å². The minimum absolute atomic E-state index is 0.0876. The van der Waals surface area contributed by atoms with Gasteiger partial charge < -0.3 is 14.7 Å². The largest absolute Gasteiger partial charge is 0.481 e. The lowest BCUT2D eigenvalue weighted by Crippen LogP contribution is -2.49. The number of carboxylic acid groups (broad SMARTS) is 1. The first-order valence-electron chi connectivity index (χ1n) is 5.94. The molecule has 1 amide bonds. The van der Waals surface area contributed by atoms with Gasteiger partial charge in [0.15, 0.2) is 0 Å². The van der Waals surface area contributed by atoms with Gasteiger partial charge in [-0.25, -0.2) is 0 Å². The summed E-state index contributed by atoms with van der Waals surface area (Å²) < 4.78 is 6.24. The van der Waals surface area contributed by atoms with Crippen molar-refractivity contribution >= 4 is 34.5 Å². The molecule has 1 N–H and O–H groups in total. The Hall–Kier alpha value is -1.15. The molecule has 1 atom stereocenters. The monoisotopic (exact) mass is 375 g/mol. The molecule has 0 aromatic heterocycles. The van der Waals surface area contributed by atoms with E-state index in [1.54, 1.807) is 17.0 Å². The maximum atomic E-state index is 12.4. The van der Waals surface area contributed by atoms with Crippen LogP contribution in [0.2, 0.25) is 0 Å². The summed E-state index contributed by atoms with van der Waals surface area (Å²) in [5.74, 6) is -1.05. The number of aliphatic carboxylic acids is 1. The Morgan fingerprint density at radius 2 is 2.26 bits per heavy atom. The van der Waals surface area contributed by atoms with E-state index in [1.165, 1.54) is 0 Å². The molecule has 0 radical (unpaired) electrons. The van der Waals surface area contributed by atoms with Crippen molar-refractivity contribution in [1.29, 1.82) is 0 Å². The highest BCUT2D eigenvalue weighted by molar-refractivity contribution is 14.1. The lowest BCUT2D eigenvalue weighted by atomic mass is 10.1. The van der Waals surface area contributed by atoms with E-state index in [-0.39, 0.29) is 18.9 Å². The average Bonchev–Trinajstić information content (AvgIpc) is 2.38. The predicted molar refractivity (Wildman–Crippen MR) is 77.1 cm³/mol. The Balaban J connectivity index is 2.17.